The number of ether oxygens (including phenoxy) is 1. The molecule has 1 rings (SSSR count). The molecule has 0 aliphatic heterocycles. The van der Waals surface area contributed by atoms with Gasteiger partial charge in [0.05, 0.1) is 13.2 Å². The standard InChI is InChI=1S/C12H20N2O3S/c1-10(14(4)18(15,16)13(2)3)11-8-6-7-9-12(11)17-5/h6-10H,1-5H3. The molecule has 0 fully saturated rings. The molecule has 0 aliphatic carbocycles. The van der Waals surface area contributed by atoms with Crippen molar-refractivity contribution in [3.05, 3.63) is 29.8 Å². The SMILES string of the molecule is COc1ccccc1C(C)N(C)S(=O)(=O)N(C)C. The second kappa shape index (κ2) is 5.69. The molecular formula is C12H20N2O3S. The van der Waals surface area contributed by atoms with Gasteiger partial charge < -0.3 is 4.74 Å². The number of methoxy groups -OCH3 is 1. The lowest BCUT2D eigenvalue weighted by atomic mass is 10.1. The van der Waals surface area contributed by atoms with E-state index in [1.807, 2.05) is 31.2 Å². The molecule has 0 spiro atoms. The van der Waals surface area contributed by atoms with Gasteiger partial charge in [-0.2, -0.15) is 17.0 Å². The van der Waals surface area contributed by atoms with Crippen LogP contribution < -0.4 is 4.74 Å². The first-order valence-corrected chi connectivity index (χ1v) is 7.00. The van der Waals surface area contributed by atoms with Crippen molar-refractivity contribution >= 4 is 10.2 Å². The molecule has 5 nitrogen and oxygen atoms in total. The fourth-order valence-electron chi connectivity index (χ4n) is 1.66. The third-order valence-electron chi connectivity index (χ3n) is 2.96. The minimum absolute atomic E-state index is 0.298. The molecule has 0 radical (unpaired) electrons. The first-order chi connectivity index (χ1) is 8.32. The zero-order valence-corrected chi connectivity index (χ0v) is 12.2. The van der Waals surface area contributed by atoms with Gasteiger partial charge in [0.15, 0.2) is 0 Å². The Morgan fingerprint density at radius 1 is 1.17 bits per heavy atom. The Kier molecular flexibility index (Phi) is 4.72. The Morgan fingerprint density at radius 3 is 2.22 bits per heavy atom. The Bertz CT molecular complexity index is 500. The number of hydrogen-bond donors (Lipinski definition) is 0. The highest BCUT2D eigenvalue weighted by atomic mass is 32.2. The molecule has 0 saturated carbocycles. The topological polar surface area (TPSA) is 49.9 Å². The van der Waals surface area contributed by atoms with Gasteiger partial charge in [-0.05, 0) is 13.0 Å². The van der Waals surface area contributed by atoms with Gasteiger partial charge in [-0.3, -0.25) is 0 Å². The van der Waals surface area contributed by atoms with E-state index in [2.05, 4.69) is 0 Å². The van der Waals surface area contributed by atoms with E-state index in [0.29, 0.717) is 5.75 Å². The van der Waals surface area contributed by atoms with Gasteiger partial charge >= 0.3 is 0 Å². The quantitative estimate of drug-likeness (QED) is 0.816. The van der Waals surface area contributed by atoms with Crippen LogP contribution in [-0.4, -0.2) is 45.3 Å². The second-order valence-corrected chi connectivity index (χ2v) is 6.43. The van der Waals surface area contributed by atoms with Crippen LogP contribution in [0.5, 0.6) is 5.75 Å². The summed E-state index contributed by atoms with van der Waals surface area (Å²) in [4.78, 5) is 0. The molecule has 1 atom stereocenters. The van der Waals surface area contributed by atoms with Gasteiger partial charge in [0, 0.05) is 26.7 Å². The summed E-state index contributed by atoms with van der Waals surface area (Å²) in [5.74, 6) is 0.686. The molecule has 6 heteroatoms. The van der Waals surface area contributed by atoms with Crippen LogP contribution in [0.25, 0.3) is 0 Å². The van der Waals surface area contributed by atoms with Gasteiger partial charge in [0.25, 0.3) is 10.2 Å². The summed E-state index contributed by atoms with van der Waals surface area (Å²) in [6.45, 7) is 1.83. The lowest BCUT2D eigenvalue weighted by Gasteiger charge is -2.28. The molecule has 1 aromatic rings. The van der Waals surface area contributed by atoms with E-state index in [9.17, 15) is 8.42 Å². The van der Waals surface area contributed by atoms with Crippen LogP contribution >= 0.6 is 0 Å². The number of para-hydroxylation sites is 1. The molecule has 0 amide bonds. The predicted molar refractivity (Wildman–Crippen MR) is 71.8 cm³/mol. The van der Waals surface area contributed by atoms with Crippen LogP contribution in [0, 0.1) is 0 Å². The minimum Gasteiger partial charge on any atom is -0.496 e. The summed E-state index contributed by atoms with van der Waals surface area (Å²) in [6.07, 6.45) is 0. The maximum Gasteiger partial charge on any atom is 0.281 e. The highest BCUT2D eigenvalue weighted by molar-refractivity contribution is 7.86. The predicted octanol–water partition coefficient (Wildman–Crippen LogP) is 1.49. The van der Waals surface area contributed by atoms with Gasteiger partial charge in [-0.25, -0.2) is 0 Å². The zero-order chi connectivity index (χ0) is 13.9. The largest absolute Gasteiger partial charge is 0.496 e. The van der Waals surface area contributed by atoms with E-state index < -0.39 is 10.2 Å². The molecule has 0 N–H and O–H groups in total. The van der Waals surface area contributed by atoms with Crippen LogP contribution in [0.2, 0.25) is 0 Å². The third kappa shape index (κ3) is 2.82. The van der Waals surface area contributed by atoms with Gasteiger partial charge in [-0.15, -0.1) is 0 Å². The smallest absolute Gasteiger partial charge is 0.281 e. The summed E-state index contributed by atoms with van der Waals surface area (Å²) in [7, 11) is 2.73. The van der Waals surface area contributed by atoms with Gasteiger partial charge in [0.2, 0.25) is 0 Å². The lowest BCUT2D eigenvalue weighted by molar-refractivity contribution is 0.347. The molecule has 102 valence electrons. The normalized spacial score (nSPS) is 13.9. The average molecular weight is 272 g/mol. The third-order valence-corrected chi connectivity index (χ3v) is 4.93. The number of rotatable bonds is 5. The van der Waals surface area contributed by atoms with Crippen molar-refractivity contribution < 1.29 is 13.2 Å². The monoisotopic (exact) mass is 272 g/mol. The molecule has 0 saturated heterocycles. The molecular weight excluding hydrogens is 252 g/mol. The number of hydrogen-bond acceptors (Lipinski definition) is 3. The maximum absolute atomic E-state index is 12.1. The van der Waals surface area contributed by atoms with Crippen LogP contribution in [0.4, 0.5) is 0 Å². The molecule has 0 heterocycles. The Hall–Kier alpha value is -1.11. The number of benzene rings is 1. The fraction of sp³-hybridized carbons (Fsp3) is 0.500. The highest BCUT2D eigenvalue weighted by Gasteiger charge is 2.27. The van der Waals surface area contributed by atoms with E-state index >= 15 is 0 Å². The number of nitrogens with zero attached hydrogens (tertiary/aromatic N) is 2. The van der Waals surface area contributed by atoms with E-state index in [1.165, 1.54) is 22.7 Å². The molecule has 0 aliphatic rings. The van der Waals surface area contributed by atoms with Crippen molar-refractivity contribution in [1.82, 2.24) is 8.61 Å². The van der Waals surface area contributed by atoms with E-state index in [0.717, 1.165) is 5.56 Å². The summed E-state index contributed by atoms with van der Waals surface area (Å²) < 4.78 is 31.9. The lowest BCUT2D eigenvalue weighted by Crippen LogP contribution is -2.38. The fourth-order valence-corrected chi connectivity index (χ4v) is 2.69. The van der Waals surface area contributed by atoms with Crippen LogP contribution in [0.15, 0.2) is 24.3 Å². The molecule has 0 bridgehead atoms. The Labute approximate surface area is 109 Å². The maximum atomic E-state index is 12.1. The summed E-state index contributed by atoms with van der Waals surface area (Å²) in [6, 6.07) is 7.11. The van der Waals surface area contributed by atoms with E-state index in [4.69, 9.17) is 4.74 Å². The van der Waals surface area contributed by atoms with E-state index in [1.54, 1.807) is 14.2 Å². The van der Waals surface area contributed by atoms with Crippen molar-refractivity contribution in [2.75, 3.05) is 28.3 Å². The highest BCUT2D eigenvalue weighted by Crippen LogP contribution is 2.29. The van der Waals surface area contributed by atoms with Crippen molar-refractivity contribution in [2.45, 2.75) is 13.0 Å². The van der Waals surface area contributed by atoms with Gasteiger partial charge in [0.1, 0.15) is 5.75 Å². The summed E-state index contributed by atoms with van der Waals surface area (Å²) >= 11 is 0. The Balaban J connectivity index is 3.11. The first kappa shape index (κ1) is 14.9. The average Bonchev–Trinajstić information content (AvgIpc) is 2.36. The molecule has 0 aromatic heterocycles. The first-order valence-electron chi connectivity index (χ1n) is 5.60. The van der Waals surface area contributed by atoms with Crippen molar-refractivity contribution in [3.63, 3.8) is 0 Å². The van der Waals surface area contributed by atoms with Crippen molar-refractivity contribution in [2.24, 2.45) is 0 Å². The van der Waals surface area contributed by atoms with Crippen LogP contribution in [-0.2, 0) is 10.2 Å². The minimum atomic E-state index is -3.44. The van der Waals surface area contributed by atoms with Crippen LogP contribution in [0.1, 0.15) is 18.5 Å². The molecule has 18 heavy (non-hydrogen) atoms. The van der Waals surface area contributed by atoms with Crippen LogP contribution in [0.3, 0.4) is 0 Å². The van der Waals surface area contributed by atoms with Crippen molar-refractivity contribution in [1.29, 1.82) is 0 Å². The van der Waals surface area contributed by atoms with E-state index in [-0.39, 0.29) is 6.04 Å². The van der Waals surface area contributed by atoms with Crippen molar-refractivity contribution in [3.8, 4) is 5.75 Å². The van der Waals surface area contributed by atoms with Gasteiger partial charge in [-0.1, -0.05) is 18.2 Å². The molecule has 1 unspecified atom stereocenters. The Morgan fingerprint density at radius 2 is 1.72 bits per heavy atom. The summed E-state index contributed by atoms with van der Waals surface area (Å²) in [5.41, 5.74) is 0.841. The second-order valence-electron chi connectivity index (χ2n) is 4.22. The summed E-state index contributed by atoms with van der Waals surface area (Å²) in [5, 5.41) is 0. The zero-order valence-electron chi connectivity index (χ0n) is 11.4. The molecule has 1 aromatic carbocycles.